The lowest BCUT2D eigenvalue weighted by Crippen LogP contribution is -2.32. The molecule has 0 aromatic heterocycles. The monoisotopic (exact) mass is 226 g/mol. The summed E-state index contributed by atoms with van der Waals surface area (Å²) in [6, 6.07) is 2.76. The van der Waals surface area contributed by atoms with E-state index in [1.165, 1.54) is 12.1 Å². The minimum atomic E-state index is -0.964. The quantitative estimate of drug-likeness (QED) is 0.760. The SMILES string of the molecule is NCC1(c2cc(N)c(F)c(F)c2)CCCC1. The van der Waals surface area contributed by atoms with Crippen LogP contribution in [0, 0.1) is 11.6 Å². The molecule has 0 aliphatic heterocycles. The number of anilines is 1. The molecule has 2 nitrogen and oxygen atoms in total. The molecule has 0 heterocycles. The van der Waals surface area contributed by atoms with Crippen LogP contribution in [-0.2, 0) is 5.41 Å². The van der Waals surface area contributed by atoms with E-state index in [4.69, 9.17) is 11.5 Å². The van der Waals surface area contributed by atoms with E-state index in [1.54, 1.807) is 0 Å². The molecule has 2 rings (SSSR count). The highest BCUT2D eigenvalue weighted by molar-refractivity contribution is 5.46. The van der Waals surface area contributed by atoms with Gasteiger partial charge in [0, 0.05) is 12.0 Å². The van der Waals surface area contributed by atoms with Crippen LogP contribution in [0.4, 0.5) is 14.5 Å². The number of halogens is 2. The van der Waals surface area contributed by atoms with Gasteiger partial charge in [-0.05, 0) is 30.5 Å². The molecule has 1 aliphatic carbocycles. The molecule has 1 aromatic carbocycles. The molecule has 1 fully saturated rings. The number of hydrogen-bond acceptors (Lipinski definition) is 2. The first-order valence-electron chi connectivity index (χ1n) is 5.54. The van der Waals surface area contributed by atoms with Gasteiger partial charge in [0.1, 0.15) is 0 Å². The molecule has 0 atom stereocenters. The summed E-state index contributed by atoms with van der Waals surface area (Å²) in [5.41, 5.74) is 11.6. The smallest absolute Gasteiger partial charge is 0.181 e. The highest BCUT2D eigenvalue weighted by Gasteiger charge is 2.35. The second-order valence-electron chi connectivity index (χ2n) is 4.55. The van der Waals surface area contributed by atoms with Gasteiger partial charge in [-0.3, -0.25) is 0 Å². The average Bonchev–Trinajstić information content (AvgIpc) is 2.75. The van der Waals surface area contributed by atoms with Crippen LogP contribution in [0.5, 0.6) is 0 Å². The summed E-state index contributed by atoms with van der Waals surface area (Å²) in [5, 5.41) is 0. The Morgan fingerprint density at radius 2 is 1.81 bits per heavy atom. The maximum absolute atomic E-state index is 13.3. The van der Waals surface area contributed by atoms with Crippen LogP contribution in [0.1, 0.15) is 31.2 Å². The Bertz CT molecular complexity index is 375. The molecule has 1 aliphatic rings. The molecular weight excluding hydrogens is 210 g/mol. The fourth-order valence-corrected chi connectivity index (χ4v) is 2.58. The first kappa shape index (κ1) is 11.3. The van der Waals surface area contributed by atoms with E-state index in [0.717, 1.165) is 31.2 Å². The van der Waals surface area contributed by atoms with Gasteiger partial charge in [-0.25, -0.2) is 8.78 Å². The van der Waals surface area contributed by atoms with Gasteiger partial charge in [0.15, 0.2) is 11.6 Å². The minimum absolute atomic E-state index is 0.130. The van der Waals surface area contributed by atoms with Gasteiger partial charge >= 0.3 is 0 Å². The summed E-state index contributed by atoms with van der Waals surface area (Å²) in [6.07, 6.45) is 4.01. The van der Waals surface area contributed by atoms with Crippen molar-refractivity contribution in [2.75, 3.05) is 12.3 Å². The fourth-order valence-electron chi connectivity index (χ4n) is 2.58. The van der Waals surface area contributed by atoms with E-state index in [0.29, 0.717) is 6.54 Å². The zero-order chi connectivity index (χ0) is 11.8. The van der Waals surface area contributed by atoms with Crippen molar-refractivity contribution in [2.45, 2.75) is 31.1 Å². The van der Waals surface area contributed by atoms with Crippen LogP contribution in [0.3, 0.4) is 0 Å². The first-order chi connectivity index (χ1) is 7.59. The number of rotatable bonds is 2. The molecule has 88 valence electrons. The Morgan fingerprint density at radius 1 is 1.19 bits per heavy atom. The van der Waals surface area contributed by atoms with Crippen molar-refractivity contribution in [3.63, 3.8) is 0 Å². The molecular formula is C12H16F2N2. The summed E-state index contributed by atoms with van der Waals surface area (Å²) in [6.45, 7) is 0.456. The predicted molar refractivity (Wildman–Crippen MR) is 60.0 cm³/mol. The van der Waals surface area contributed by atoms with E-state index in [2.05, 4.69) is 0 Å². The predicted octanol–water partition coefficient (Wildman–Crippen LogP) is 2.32. The van der Waals surface area contributed by atoms with E-state index in [1.807, 2.05) is 0 Å². The number of nitrogen functional groups attached to an aromatic ring is 1. The van der Waals surface area contributed by atoms with Crippen LogP contribution in [-0.4, -0.2) is 6.54 Å². The van der Waals surface area contributed by atoms with Gasteiger partial charge in [-0.2, -0.15) is 0 Å². The lowest BCUT2D eigenvalue weighted by molar-refractivity contribution is 0.443. The second kappa shape index (κ2) is 4.01. The Hall–Kier alpha value is -1.16. The molecule has 0 bridgehead atoms. The molecule has 0 spiro atoms. The van der Waals surface area contributed by atoms with Crippen molar-refractivity contribution >= 4 is 5.69 Å². The zero-order valence-electron chi connectivity index (χ0n) is 9.10. The normalized spacial score (nSPS) is 18.9. The third kappa shape index (κ3) is 1.67. The van der Waals surface area contributed by atoms with Crippen molar-refractivity contribution < 1.29 is 8.78 Å². The van der Waals surface area contributed by atoms with E-state index in [-0.39, 0.29) is 11.1 Å². The van der Waals surface area contributed by atoms with Crippen molar-refractivity contribution in [1.82, 2.24) is 0 Å². The van der Waals surface area contributed by atoms with Gasteiger partial charge in [0.05, 0.1) is 5.69 Å². The summed E-state index contributed by atoms with van der Waals surface area (Å²) in [4.78, 5) is 0. The van der Waals surface area contributed by atoms with Crippen LogP contribution in [0.15, 0.2) is 12.1 Å². The molecule has 4 N–H and O–H groups in total. The van der Waals surface area contributed by atoms with Crippen molar-refractivity contribution in [2.24, 2.45) is 5.73 Å². The van der Waals surface area contributed by atoms with Crippen LogP contribution < -0.4 is 11.5 Å². The Labute approximate surface area is 93.6 Å². The minimum Gasteiger partial charge on any atom is -0.396 e. The molecule has 0 amide bonds. The summed E-state index contributed by atoms with van der Waals surface area (Å²) >= 11 is 0. The molecule has 4 heteroatoms. The van der Waals surface area contributed by atoms with E-state index >= 15 is 0 Å². The maximum atomic E-state index is 13.3. The third-order valence-corrected chi connectivity index (χ3v) is 3.62. The summed E-state index contributed by atoms with van der Waals surface area (Å²) in [7, 11) is 0. The number of nitrogens with two attached hydrogens (primary N) is 2. The molecule has 0 unspecified atom stereocenters. The Morgan fingerprint density at radius 3 is 2.31 bits per heavy atom. The van der Waals surface area contributed by atoms with E-state index < -0.39 is 11.6 Å². The second-order valence-corrected chi connectivity index (χ2v) is 4.55. The molecule has 16 heavy (non-hydrogen) atoms. The van der Waals surface area contributed by atoms with Gasteiger partial charge in [-0.15, -0.1) is 0 Å². The van der Waals surface area contributed by atoms with Gasteiger partial charge in [0.2, 0.25) is 0 Å². The highest BCUT2D eigenvalue weighted by Crippen LogP contribution is 2.41. The average molecular weight is 226 g/mol. The molecule has 1 aromatic rings. The summed E-state index contributed by atoms with van der Waals surface area (Å²) < 4.78 is 26.4. The van der Waals surface area contributed by atoms with Crippen molar-refractivity contribution in [3.8, 4) is 0 Å². The number of benzene rings is 1. The highest BCUT2D eigenvalue weighted by atomic mass is 19.2. The topological polar surface area (TPSA) is 52.0 Å². The van der Waals surface area contributed by atoms with Crippen LogP contribution in [0.2, 0.25) is 0 Å². The van der Waals surface area contributed by atoms with Gasteiger partial charge in [-0.1, -0.05) is 12.8 Å². The third-order valence-electron chi connectivity index (χ3n) is 3.62. The van der Waals surface area contributed by atoms with Crippen molar-refractivity contribution in [3.05, 3.63) is 29.3 Å². The lowest BCUT2D eigenvalue weighted by atomic mass is 9.79. The molecule has 0 saturated heterocycles. The largest absolute Gasteiger partial charge is 0.396 e. The van der Waals surface area contributed by atoms with Crippen LogP contribution in [0.25, 0.3) is 0 Å². The van der Waals surface area contributed by atoms with Gasteiger partial charge in [0.25, 0.3) is 0 Å². The Kier molecular flexibility index (Phi) is 2.84. The molecule has 1 saturated carbocycles. The lowest BCUT2D eigenvalue weighted by Gasteiger charge is -2.28. The van der Waals surface area contributed by atoms with Crippen molar-refractivity contribution in [1.29, 1.82) is 0 Å². The maximum Gasteiger partial charge on any atom is 0.181 e. The van der Waals surface area contributed by atoms with Gasteiger partial charge < -0.3 is 11.5 Å². The van der Waals surface area contributed by atoms with E-state index in [9.17, 15) is 8.78 Å². The standard InChI is InChI=1S/C12H16F2N2/c13-9-5-8(6-10(16)11(9)14)12(7-15)3-1-2-4-12/h5-6H,1-4,7,15-16H2. The summed E-state index contributed by atoms with van der Waals surface area (Å²) in [5.74, 6) is -1.84. The number of hydrogen-bond donors (Lipinski definition) is 2. The zero-order valence-corrected chi connectivity index (χ0v) is 9.10. The van der Waals surface area contributed by atoms with Crippen LogP contribution >= 0.6 is 0 Å². The fraction of sp³-hybridized carbons (Fsp3) is 0.500. The Balaban J connectivity index is 2.47. The first-order valence-corrected chi connectivity index (χ1v) is 5.54. The molecule has 0 radical (unpaired) electrons.